The normalized spacial score (nSPS) is 11.0. The second kappa shape index (κ2) is 6.88. The Kier molecular flexibility index (Phi) is 5.09. The molecule has 0 aliphatic carbocycles. The maximum absolute atomic E-state index is 12.2. The lowest BCUT2D eigenvalue weighted by atomic mass is 10.1. The topological polar surface area (TPSA) is 81.5 Å². The first-order valence-electron chi connectivity index (χ1n) is 7.20. The van der Waals surface area contributed by atoms with Gasteiger partial charge in [0.25, 0.3) is 11.6 Å². The van der Waals surface area contributed by atoms with Crippen LogP contribution in [0.3, 0.4) is 0 Å². The van der Waals surface area contributed by atoms with E-state index in [4.69, 9.17) is 16.3 Å². The minimum Gasteiger partial charge on any atom is -0.456 e. The molecule has 0 aliphatic rings. The number of hydrogen-bond acceptors (Lipinski definition) is 4. The fourth-order valence-electron chi connectivity index (χ4n) is 1.93. The molecule has 0 radical (unpaired) electrons. The third-order valence-corrected chi connectivity index (χ3v) is 3.23. The molecule has 0 atom stereocenters. The van der Waals surface area contributed by atoms with Crippen LogP contribution in [0.15, 0.2) is 42.5 Å². The molecule has 0 aliphatic heterocycles. The number of nitro benzene ring substituents is 1. The van der Waals surface area contributed by atoms with Gasteiger partial charge in [0.05, 0.1) is 9.95 Å². The molecule has 6 nitrogen and oxygen atoms in total. The zero-order valence-electron chi connectivity index (χ0n) is 13.5. The van der Waals surface area contributed by atoms with Gasteiger partial charge in [0.15, 0.2) is 0 Å². The van der Waals surface area contributed by atoms with Crippen molar-refractivity contribution in [3.05, 3.63) is 63.2 Å². The van der Waals surface area contributed by atoms with Crippen molar-refractivity contribution in [3.8, 4) is 11.5 Å². The minimum absolute atomic E-state index is 0.119. The number of nitrogens with zero attached hydrogens (tertiary/aromatic N) is 1. The van der Waals surface area contributed by atoms with Crippen molar-refractivity contribution >= 4 is 23.2 Å². The predicted molar refractivity (Wildman–Crippen MR) is 91.8 cm³/mol. The lowest BCUT2D eigenvalue weighted by Gasteiger charge is -2.20. The maximum atomic E-state index is 12.2. The fraction of sp³-hybridized carbons (Fsp3) is 0.235. The molecule has 0 unspecified atom stereocenters. The molecule has 0 fully saturated rings. The largest absolute Gasteiger partial charge is 0.456 e. The molecule has 0 aromatic heterocycles. The Morgan fingerprint density at radius 1 is 1.21 bits per heavy atom. The van der Waals surface area contributed by atoms with Crippen molar-refractivity contribution < 1.29 is 14.5 Å². The highest BCUT2D eigenvalue weighted by atomic mass is 35.5. The average Bonchev–Trinajstić information content (AvgIpc) is 2.47. The van der Waals surface area contributed by atoms with Crippen LogP contribution in [0.5, 0.6) is 11.5 Å². The summed E-state index contributed by atoms with van der Waals surface area (Å²) >= 11 is 6.00. The minimum atomic E-state index is -0.535. The molecular formula is C17H17ClN2O4. The number of halogens is 1. The van der Waals surface area contributed by atoms with Gasteiger partial charge in [0.2, 0.25) is 0 Å². The quantitative estimate of drug-likeness (QED) is 0.648. The number of ether oxygens (including phenoxy) is 1. The number of amides is 1. The Bertz CT molecular complexity index is 784. The smallest absolute Gasteiger partial charge is 0.271 e. The molecule has 2 aromatic carbocycles. The van der Waals surface area contributed by atoms with Gasteiger partial charge in [-0.2, -0.15) is 0 Å². The molecule has 126 valence electrons. The molecule has 0 spiro atoms. The molecule has 7 heteroatoms. The molecule has 0 bridgehead atoms. The number of carbonyl (C=O) groups is 1. The van der Waals surface area contributed by atoms with Crippen LogP contribution < -0.4 is 10.1 Å². The van der Waals surface area contributed by atoms with Gasteiger partial charge in [-0.25, -0.2) is 0 Å². The zero-order chi connectivity index (χ0) is 17.9. The molecule has 2 rings (SSSR count). The maximum Gasteiger partial charge on any atom is 0.271 e. The summed E-state index contributed by atoms with van der Waals surface area (Å²) < 4.78 is 5.63. The highest BCUT2D eigenvalue weighted by molar-refractivity contribution is 6.32. The Labute approximate surface area is 144 Å². The standard InChI is InChI=1S/C17H17ClN2O4/c1-17(2,3)19-16(21)11-5-4-6-13(9-11)24-15-8-7-12(20(22)23)10-14(15)18/h4-10H,1-3H3,(H,19,21). The number of carbonyl (C=O) groups excluding carboxylic acids is 1. The number of nitro groups is 1. The summed E-state index contributed by atoms with van der Waals surface area (Å²) in [6.07, 6.45) is 0. The van der Waals surface area contributed by atoms with Gasteiger partial charge in [-0.3, -0.25) is 14.9 Å². The van der Waals surface area contributed by atoms with Gasteiger partial charge in [-0.1, -0.05) is 17.7 Å². The van der Waals surface area contributed by atoms with Crippen LogP contribution in [0.25, 0.3) is 0 Å². The van der Waals surface area contributed by atoms with Crippen LogP contribution in [0.4, 0.5) is 5.69 Å². The number of rotatable bonds is 4. The van der Waals surface area contributed by atoms with Gasteiger partial charge in [0.1, 0.15) is 11.5 Å². The van der Waals surface area contributed by atoms with E-state index in [1.165, 1.54) is 18.2 Å². The van der Waals surface area contributed by atoms with Crippen molar-refractivity contribution in [2.45, 2.75) is 26.3 Å². The van der Waals surface area contributed by atoms with Crippen LogP contribution in [0.2, 0.25) is 5.02 Å². The molecular weight excluding hydrogens is 332 g/mol. The van der Waals surface area contributed by atoms with Crippen LogP contribution in [0.1, 0.15) is 31.1 Å². The van der Waals surface area contributed by atoms with Crippen LogP contribution in [0, 0.1) is 10.1 Å². The van der Waals surface area contributed by atoms with Crippen molar-refractivity contribution in [1.29, 1.82) is 0 Å². The average molecular weight is 349 g/mol. The van der Waals surface area contributed by atoms with E-state index in [2.05, 4.69) is 5.32 Å². The number of benzene rings is 2. The van der Waals surface area contributed by atoms with Gasteiger partial charge < -0.3 is 10.1 Å². The van der Waals surface area contributed by atoms with Crippen LogP contribution in [-0.4, -0.2) is 16.4 Å². The highest BCUT2D eigenvalue weighted by Crippen LogP contribution is 2.32. The third-order valence-electron chi connectivity index (χ3n) is 2.94. The first-order chi connectivity index (χ1) is 11.2. The summed E-state index contributed by atoms with van der Waals surface area (Å²) in [7, 11) is 0. The van der Waals surface area contributed by atoms with E-state index in [-0.39, 0.29) is 27.9 Å². The lowest BCUT2D eigenvalue weighted by Crippen LogP contribution is -2.40. The number of nitrogens with one attached hydrogen (secondary N) is 1. The van der Waals surface area contributed by atoms with E-state index in [0.717, 1.165) is 0 Å². The van der Waals surface area contributed by atoms with Crippen LogP contribution >= 0.6 is 11.6 Å². The van der Waals surface area contributed by atoms with E-state index in [9.17, 15) is 14.9 Å². The van der Waals surface area contributed by atoms with E-state index in [1.54, 1.807) is 24.3 Å². The van der Waals surface area contributed by atoms with Crippen LogP contribution in [-0.2, 0) is 0 Å². The molecule has 1 amide bonds. The monoisotopic (exact) mass is 348 g/mol. The van der Waals surface area contributed by atoms with E-state index >= 15 is 0 Å². The Balaban J connectivity index is 2.21. The summed E-state index contributed by atoms with van der Waals surface area (Å²) in [5.41, 5.74) is -0.0265. The summed E-state index contributed by atoms with van der Waals surface area (Å²) in [5.74, 6) is 0.464. The molecule has 0 heterocycles. The Hall–Kier alpha value is -2.60. The second-order valence-corrected chi connectivity index (χ2v) is 6.61. The van der Waals surface area contributed by atoms with Crippen molar-refractivity contribution in [2.75, 3.05) is 0 Å². The zero-order valence-corrected chi connectivity index (χ0v) is 14.3. The number of hydrogen-bond donors (Lipinski definition) is 1. The summed E-state index contributed by atoms with van der Waals surface area (Å²) in [6.45, 7) is 5.67. The first kappa shape index (κ1) is 17.7. The lowest BCUT2D eigenvalue weighted by molar-refractivity contribution is -0.384. The van der Waals surface area contributed by atoms with E-state index in [1.807, 2.05) is 20.8 Å². The third kappa shape index (κ3) is 4.70. The highest BCUT2D eigenvalue weighted by Gasteiger charge is 2.16. The van der Waals surface area contributed by atoms with E-state index in [0.29, 0.717) is 11.3 Å². The second-order valence-electron chi connectivity index (χ2n) is 6.21. The summed E-state index contributed by atoms with van der Waals surface area (Å²) in [5, 5.41) is 13.7. The Morgan fingerprint density at radius 2 is 1.92 bits per heavy atom. The van der Waals surface area contributed by atoms with Gasteiger partial charge >= 0.3 is 0 Å². The predicted octanol–water partition coefficient (Wildman–Crippen LogP) is 4.57. The van der Waals surface area contributed by atoms with Gasteiger partial charge in [0, 0.05) is 23.2 Å². The van der Waals surface area contributed by atoms with Crippen molar-refractivity contribution in [2.24, 2.45) is 0 Å². The first-order valence-corrected chi connectivity index (χ1v) is 7.58. The fourth-order valence-corrected chi connectivity index (χ4v) is 2.14. The summed E-state index contributed by atoms with van der Waals surface area (Å²) in [4.78, 5) is 22.4. The molecule has 0 saturated heterocycles. The molecule has 2 aromatic rings. The van der Waals surface area contributed by atoms with Gasteiger partial charge in [-0.05, 0) is 45.0 Å². The van der Waals surface area contributed by atoms with Crippen molar-refractivity contribution in [3.63, 3.8) is 0 Å². The SMILES string of the molecule is CC(C)(C)NC(=O)c1cccc(Oc2ccc([N+](=O)[O-])cc2Cl)c1. The van der Waals surface area contributed by atoms with Crippen molar-refractivity contribution in [1.82, 2.24) is 5.32 Å². The van der Waals surface area contributed by atoms with Gasteiger partial charge in [-0.15, -0.1) is 0 Å². The molecule has 0 saturated carbocycles. The molecule has 1 N–H and O–H groups in total. The number of non-ortho nitro benzene ring substituents is 1. The molecule has 24 heavy (non-hydrogen) atoms. The Morgan fingerprint density at radius 3 is 2.50 bits per heavy atom. The summed E-state index contributed by atoms with van der Waals surface area (Å²) in [6, 6.07) is 10.6. The van der Waals surface area contributed by atoms with E-state index < -0.39 is 4.92 Å².